The van der Waals surface area contributed by atoms with Crippen LogP contribution in [0.4, 0.5) is 0 Å². The van der Waals surface area contributed by atoms with Gasteiger partial charge in [-0.15, -0.1) is 0 Å². The molecule has 134 valence electrons. The molecule has 0 aliphatic carbocycles. The van der Waals surface area contributed by atoms with Crippen molar-refractivity contribution in [3.63, 3.8) is 0 Å². The van der Waals surface area contributed by atoms with E-state index in [1.165, 1.54) is 19.2 Å². The van der Waals surface area contributed by atoms with Crippen LogP contribution in [-0.4, -0.2) is 34.6 Å². The van der Waals surface area contributed by atoms with E-state index >= 15 is 0 Å². The van der Waals surface area contributed by atoms with Gasteiger partial charge in [0.1, 0.15) is 0 Å². The molecule has 0 atom stereocenters. The van der Waals surface area contributed by atoms with Gasteiger partial charge in [0.25, 0.3) is 0 Å². The number of methoxy groups -OCH3 is 1. The zero-order valence-corrected chi connectivity index (χ0v) is 14.9. The standard InChI is InChI=1S/C18H22N2O4S/c1-24-12-11-20-25(22,23)17-9-7-16(8-10-17)14-19-18(21)13-15-5-3-2-4-6-15/h2-10,20H,11-14H2,1H3,(H,19,21). The van der Waals surface area contributed by atoms with Crippen molar-refractivity contribution in [2.45, 2.75) is 17.9 Å². The zero-order valence-electron chi connectivity index (χ0n) is 14.1. The quantitative estimate of drug-likeness (QED) is 0.662. The number of carbonyl (C=O) groups is 1. The Morgan fingerprint density at radius 2 is 1.68 bits per heavy atom. The molecular formula is C18H22N2O4S. The number of benzene rings is 2. The summed E-state index contributed by atoms with van der Waals surface area (Å²) in [6, 6.07) is 15.9. The Labute approximate surface area is 148 Å². The molecule has 0 fully saturated rings. The molecule has 25 heavy (non-hydrogen) atoms. The minimum Gasteiger partial charge on any atom is -0.383 e. The average molecular weight is 362 g/mol. The molecule has 1 amide bonds. The summed E-state index contributed by atoms with van der Waals surface area (Å²) in [6.07, 6.45) is 0.316. The number of hydrogen-bond donors (Lipinski definition) is 2. The van der Waals surface area contributed by atoms with Gasteiger partial charge in [-0.25, -0.2) is 13.1 Å². The molecule has 2 rings (SSSR count). The van der Waals surface area contributed by atoms with Crippen LogP contribution in [0.25, 0.3) is 0 Å². The van der Waals surface area contributed by atoms with Crippen molar-refractivity contribution in [3.05, 3.63) is 65.7 Å². The third kappa shape index (κ3) is 6.30. The Morgan fingerprint density at radius 3 is 2.32 bits per heavy atom. The highest BCUT2D eigenvalue weighted by Crippen LogP contribution is 2.10. The lowest BCUT2D eigenvalue weighted by Gasteiger charge is -2.08. The van der Waals surface area contributed by atoms with E-state index in [0.717, 1.165) is 11.1 Å². The Bertz CT molecular complexity index is 774. The number of rotatable bonds is 9. The summed E-state index contributed by atoms with van der Waals surface area (Å²) in [6.45, 7) is 0.879. The molecule has 2 N–H and O–H groups in total. The van der Waals surface area contributed by atoms with Crippen molar-refractivity contribution in [3.8, 4) is 0 Å². The fourth-order valence-electron chi connectivity index (χ4n) is 2.19. The van der Waals surface area contributed by atoms with Crippen molar-refractivity contribution >= 4 is 15.9 Å². The predicted octanol–water partition coefficient (Wildman–Crippen LogP) is 1.47. The smallest absolute Gasteiger partial charge is 0.240 e. The lowest BCUT2D eigenvalue weighted by Crippen LogP contribution is -2.27. The Kier molecular flexibility index (Phi) is 7.12. The van der Waals surface area contributed by atoms with E-state index in [1.54, 1.807) is 12.1 Å². The van der Waals surface area contributed by atoms with Crippen LogP contribution < -0.4 is 10.0 Å². The molecule has 0 spiro atoms. The number of hydrogen-bond acceptors (Lipinski definition) is 4. The predicted molar refractivity (Wildman–Crippen MR) is 95.5 cm³/mol. The van der Waals surface area contributed by atoms with Crippen molar-refractivity contribution in [2.24, 2.45) is 0 Å². The van der Waals surface area contributed by atoms with Gasteiger partial charge in [-0.2, -0.15) is 0 Å². The first-order chi connectivity index (χ1) is 12.0. The molecule has 0 saturated heterocycles. The third-order valence-corrected chi connectivity index (χ3v) is 5.01. The first kappa shape index (κ1) is 19.1. The number of sulfonamides is 1. The Hall–Kier alpha value is -2.22. The zero-order chi connectivity index (χ0) is 18.1. The number of amides is 1. The summed E-state index contributed by atoms with van der Waals surface area (Å²) in [5.74, 6) is -0.0795. The maximum Gasteiger partial charge on any atom is 0.240 e. The molecule has 6 nitrogen and oxygen atoms in total. The summed E-state index contributed by atoms with van der Waals surface area (Å²) in [5, 5.41) is 2.83. The summed E-state index contributed by atoms with van der Waals surface area (Å²) >= 11 is 0. The molecule has 0 radical (unpaired) electrons. The monoisotopic (exact) mass is 362 g/mol. The molecule has 0 aromatic heterocycles. The second-order valence-electron chi connectivity index (χ2n) is 5.47. The molecule has 0 aliphatic heterocycles. The van der Waals surface area contributed by atoms with E-state index < -0.39 is 10.0 Å². The van der Waals surface area contributed by atoms with E-state index in [0.29, 0.717) is 19.6 Å². The van der Waals surface area contributed by atoms with Crippen LogP contribution in [0.2, 0.25) is 0 Å². The van der Waals surface area contributed by atoms with Gasteiger partial charge in [0.05, 0.1) is 17.9 Å². The highest BCUT2D eigenvalue weighted by Gasteiger charge is 2.13. The second kappa shape index (κ2) is 9.31. The van der Waals surface area contributed by atoms with Crippen molar-refractivity contribution in [1.82, 2.24) is 10.0 Å². The van der Waals surface area contributed by atoms with E-state index in [1.807, 2.05) is 30.3 Å². The molecule has 0 bridgehead atoms. The van der Waals surface area contributed by atoms with Crippen molar-refractivity contribution in [1.29, 1.82) is 0 Å². The summed E-state index contributed by atoms with van der Waals surface area (Å²) < 4.78 is 31.4. The maximum absolute atomic E-state index is 12.1. The summed E-state index contributed by atoms with van der Waals surface area (Å²) in [5.41, 5.74) is 1.78. The first-order valence-corrected chi connectivity index (χ1v) is 9.38. The normalized spacial score (nSPS) is 11.2. The van der Waals surface area contributed by atoms with Gasteiger partial charge in [-0.1, -0.05) is 42.5 Å². The molecule has 0 heterocycles. The highest BCUT2D eigenvalue weighted by atomic mass is 32.2. The molecule has 2 aromatic rings. The molecule has 0 aliphatic rings. The SMILES string of the molecule is COCCNS(=O)(=O)c1ccc(CNC(=O)Cc2ccccc2)cc1. The maximum atomic E-state index is 12.1. The van der Waals surface area contributed by atoms with Gasteiger partial charge >= 0.3 is 0 Å². The molecule has 2 aromatic carbocycles. The Morgan fingerprint density at radius 1 is 1.00 bits per heavy atom. The van der Waals surface area contributed by atoms with Crippen LogP contribution in [0, 0.1) is 0 Å². The average Bonchev–Trinajstić information content (AvgIpc) is 2.61. The minimum atomic E-state index is -3.54. The minimum absolute atomic E-state index is 0.0795. The number of carbonyl (C=O) groups excluding carboxylic acids is 1. The van der Waals surface area contributed by atoms with Crippen LogP contribution in [-0.2, 0) is 32.5 Å². The molecule has 0 unspecified atom stereocenters. The summed E-state index contributed by atoms with van der Waals surface area (Å²) in [4.78, 5) is 12.1. The van der Waals surface area contributed by atoms with E-state index in [4.69, 9.17) is 4.74 Å². The van der Waals surface area contributed by atoms with Crippen LogP contribution in [0.15, 0.2) is 59.5 Å². The Balaban J connectivity index is 1.86. The lowest BCUT2D eigenvalue weighted by atomic mass is 10.1. The first-order valence-electron chi connectivity index (χ1n) is 7.89. The molecular weight excluding hydrogens is 340 g/mol. The van der Waals surface area contributed by atoms with E-state index in [2.05, 4.69) is 10.0 Å². The van der Waals surface area contributed by atoms with Crippen LogP contribution in [0.1, 0.15) is 11.1 Å². The fourth-order valence-corrected chi connectivity index (χ4v) is 3.21. The van der Waals surface area contributed by atoms with Gasteiger partial charge in [0.15, 0.2) is 0 Å². The van der Waals surface area contributed by atoms with Crippen LogP contribution in [0.5, 0.6) is 0 Å². The van der Waals surface area contributed by atoms with E-state index in [9.17, 15) is 13.2 Å². The largest absolute Gasteiger partial charge is 0.383 e. The summed E-state index contributed by atoms with van der Waals surface area (Å²) in [7, 11) is -2.03. The highest BCUT2D eigenvalue weighted by molar-refractivity contribution is 7.89. The van der Waals surface area contributed by atoms with Gasteiger partial charge in [-0.05, 0) is 23.3 Å². The van der Waals surface area contributed by atoms with Gasteiger partial charge in [-0.3, -0.25) is 4.79 Å². The van der Waals surface area contributed by atoms with Crippen molar-refractivity contribution < 1.29 is 17.9 Å². The molecule has 0 saturated carbocycles. The number of nitrogens with one attached hydrogen (secondary N) is 2. The number of ether oxygens (including phenoxy) is 1. The van der Waals surface area contributed by atoms with Gasteiger partial charge in [0.2, 0.25) is 15.9 Å². The van der Waals surface area contributed by atoms with E-state index in [-0.39, 0.29) is 17.3 Å². The van der Waals surface area contributed by atoms with Gasteiger partial charge in [0, 0.05) is 20.2 Å². The van der Waals surface area contributed by atoms with Crippen LogP contribution in [0.3, 0.4) is 0 Å². The third-order valence-electron chi connectivity index (χ3n) is 3.53. The van der Waals surface area contributed by atoms with Gasteiger partial charge < -0.3 is 10.1 Å². The fraction of sp³-hybridized carbons (Fsp3) is 0.278. The van der Waals surface area contributed by atoms with Crippen LogP contribution >= 0.6 is 0 Å². The van der Waals surface area contributed by atoms with Crippen molar-refractivity contribution in [2.75, 3.05) is 20.3 Å². The second-order valence-corrected chi connectivity index (χ2v) is 7.24. The molecule has 7 heteroatoms. The lowest BCUT2D eigenvalue weighted by molar-refractivity contribution is -0.120. The topological polar surface area (TPSA) is 84.5 Å².